The number of hydrogen-bond acceptors (Lipinski definition) is 3. The third-order valence-corrected chi connectivity index (χ3v) is 1.30. The first-order chi connectivity index (χ1) is 4.93. The lowest BCUT2D eigenvalue weighted by molar-refractivity contribution is 0.923. The van der Waals surface area contributed by atoms with Crippen molar-refractivity contribution in [2.75, 3.05) is 19.6 Å². The van der Waals surface area contributed by atoms with Gasteiger partial charge in [0.2, 0.25) is 0 Å². The number of allylic oxidation sites excluding steroid dienone is 1. The van der Waals surface area contributed by atoms with Gasteiger partial charge in [0.05, 0.1) is 6.54 Å². The zero-order valence-electron chi connectivity index (χ0n) is 6.22. The molecule has 0 atom stereocenters. The molecule has 1 aliphatic heterocycles. The lowest BCUT2D eigenvalue weighted by Gasteiger charge is -2.01. The van der Waals surface area contributed by atoms with E-state index in [0.29, 0.717) is 0 Å². The van der Waals surface area contributed by atoms with Crippen LogP contribution in [0.25, 0.3) is 0 Å². The van der Waals surface area contributed by atoms with Gasteiger partial charge in [-0.05, 0) is 6.92 Å². The van der Waals surface area contributed by atoms with Gasteiger partial charge in [-0.2, -0.15) is 0 Å². The minimum absolute atomic E-state index is 0.863. The lowest BCUT2D eigenvalue weighted by Crippen LogP contribution is -2.33. The van der Waals surface area contributed by atoms with Crippen molar-refractivity contribution >= 4 is 5.96 Å². The van der Waals surface area contributed by atoms with Crippen molar-refractivity contribution in [3.8, 4) is 0 Å². The van der Waals surface area contributed by atoms with Gasteiger partial charge in [-0.25, -0.2) is 0 Å². The average molecular weight is 139 g/mol. The highest BCUT2D eigenvalue weighted by Crippen LogP contribution is 1.80. The highest BCUT2D eigenvalue weighted by Gasteiger charge is 2.00. The summed E-state index contributed by atoms with van der Waals surface area (Å²) in [6, 6.07) is 0. The molecule has 0 aliphatic carbocycles. The summed E-state index contributed by atoms with van der Waals surface area (Å²) < 4.78 is 0. The number of guanidine groups is 1. The Kier molecular flexibility index (Phi) is 2.80. The molecule has 3 nitrogen and oxygen atoms in total. The summed E-state index contributed by atoms with van der Waals surface area (Å²) in [4.78, 5) is 4.17. The van der Waals surface area contributed by atoms with Crippen molar-refractivity contribution < 1.29 is 0 Å². The van der Waals surface area contributed by atoms with E-state index in [1.54, 1.807) is 0 Å². The van der Waals surface area contributed by atoms with Crippen LogP contribution >= 0.6 is 0 Å². The third kappa shape index (κ3) is 2.09. The molecule has 1 rings (SSSR count). The molecule has 0 radical (unpaired) electrons. The number of nitrogens with one attached hydrogen (secondary N) is 2. The van der Waals surface area contributed by atoms with Crippen LogP contribution in [0.4, 0.5) is 0 Å². The fourth-order valence-corrected chi connectivity index (χ4v) is 0.790. The summed E-state index contributed by atoms with van der Waals surface area (Å²) in [7, 11) is 0. The summed E-state index contributed by atoms with van der Waals surface area (Å²) in [5, 5.41) is 6.26. The van der Waals surface area contributed by atoms with Gasteiger partial charge in [0.1, 0.15) is 0 Å². The monoisotopic (exact) mass is 139 g/mol. The van der Waals surface area contributed by atoms with Crippen LogP contribution < -0.4 is 10.6 Å². The standard InChI is InChI=1S/C7H13N3/c1-2-3-4-8-7-9-5-6-10-7/h2-3H,4-6H2,1H3,(H2,8,9,10). The second-order valence-corrected chi connectivity index (χ2v) is 2.11. The van der Waals surface area contributed by atoms with Crippen LogP contribution in [0.5, 0.6) is 0 Å². The summed E-state index contributed by atoms with van der Waals surface area (Å²) >= 11 is 0. The summed E-state index contributed by atoms with van der Waals surface area (Å²) in [6.45, 7) is 4.74. The molecule has 0 aromatic carbocycles. The Balaban J connectivity index is 2.12. The number of hydrogen-bond donors (Lipinski definition) is 2. The number of aliphatic imine (C=N–C) groups is 1. The molecule has 56 valence electrons. The molecule has 1 aliphatic rings. The largest absolute Gasteiger partial charge is 0.355 e. The number of rotatable bonds is 2. The molecule has 0 fully saturated rings. The quantitative estimate of drug-likeness (QED) is 0.533. The second-order valence-electron chi connectivity index (χ2n) is 2.11. The van der Waals surface area contributed by atoms with Gasteiger partial charge in [0, 0.05) is 13.1 Å². The van der Waals surface area contributed by atoms with Crippen molar-refractivity contribution in [2.24, 2.45) is 4.99 Å². The maximum Gasteiger partial charge on any atom is 0.191 e. The summed E-state index contributed by atoms with van der Waals surface area (Å²) in [5.41, 5.74) is 0. The normalized spacial score (nSPS) is 17.1. The van der Waals surface area contributed by atoms with Crippen LogP contribution in [0.2, 0.25) is 0 Å². The van der Waals surface area contributed by atoms with Crippen molar-refractivity contribution in [1.29, 1.82) is 0 Å². The minimum Gasteiger partial charge on any atom is -0.355 e. The van der Waals surface area contributed by atoms with E-state index in [1.165, 1.54) is 0 Å². The van der Waals surface area contributed by atoms with Gasteiger partial charge in [0.15, 0.2) is 5.96 Å². The van der Waals surface area contributed by atoms with Crippen molar-refractivity contribution in [2.45, 2.75) is 6.92 Å². The van der Waals surface area contributed by atoms with Gasteiger partial charge >= 0.3 is 0 Å². The molecular formula is C7H13N3. The highest BCUT2D eigenvalue weighted by atomic mass is 15.2. The Hall–Kier alpha value is -0.990. The molecular weight excluding hydrogens is 126 g/mol. The van der Waals surface area contributed by atoms with E-state index in [2.05, 4.69) is 21.7 Å². The van der Waals surface area contributed by atoms with Crippen molar-refractivity contribution in [1.82, 2.24) is 10.6 Å². The van der Waals surface area contributed by atoms with Crippen LogP contribution in [-0.4, -0.2) is 25.6 Å². The van der Waals surface area contributed by atoms with Gasteiger partial charge in [-0.3, -0.25) is 4.99 Å². The summed E-state index contributed by atoms with van der Waals surface area (Å²) in [6.07, 6.45) is 4.07. The maximum atomic E-state index is 4.17. The molecule has 0 saturated carbocycles. The zero-order chi connectivity index (χ0) is 7.23. The molecule has 0 unspecified atom stereocenters. The first kappa shape index (κ1) is 7.12. The Bertz CT molecular complexity index is 149. The van der Waals surface area contributed by atoms with E-state index in [-0.39, 0.29) is 0 Å². The molecule has 10 heavy (non-hydrogen) atoms. The molecule has 1 heterocycles. The van der Waals surface area contributed by atoms with Gasteiger partial charge < -0.3 is 10.6 Å². The average Bonchev–Trinajstić information content (AvgIpc) is 2.41. The van der Waals surface area contributed by atoms with Crippen LogP contribution in [0.15, 0.2) is 17.1 Å². The van der Waals surface area contributed by atoms with Crippen LogP contribution in [0, 0.1) is 0 Å². The third-order valence-electron chi connectivity index (χ3n) is 1.30. The topological polar surface area (TPSA) is 36.4 Å². The molecule has 0 aromatic heterocycles. The maximum absolute atomic E-state index is 4.17. The Morgan fingerprint density at radius 1 is 1.80 bits per heavy atom. The van der Waals surface area contributed by atoms with Gasteiger partial charge in [0.25, 0.3) is 0 Å². The Morgan fingerprint density at radius 2 is 2.70 bits per heavy atom. The molecule has 2 N–H and O–H groups in total. The van der Waals surface area contributed by atoms with E-state index in [0.717, 1.165) is 25.6 Å². The van der Waals surface area contributed by atoms with Crippen molar-refractivity contribution in [3.05, 3.63) is 12.2 Å². The predicted octanol–water partition coefficient (Wildman–Crippen LogP) is 0.111. The molecule has 3 heteroatoms. The second kappa shape index (κ2) is 3.93. The van der Waals surface area contributed by atoms with Crippen molar-refractivity contribution in [3.63, 3.8) is 0 Å². The molecule has 0 amide bonds. The highest BCUT2D eigenvalue weighted by molar-refractivity contribution is 5.81. The SMILES string of the molecule is CC=CCNC1=NCCN1. The molecule has 0 bridgehead atoms. The van der Waals surface area contributed by atoms with Gasteiger partial charge in [-0.15, -0.1) is 0 Å². The summed E-state index contributed by atoms with van der Waals surface area (Å²) in [5.74, 6) is 0.929. The lowest BCUT2D eigenvalue weighted by atomic mass is 10.5. The fraction of sp³-hybridized carbons (Fsp3) is 0.571. The van der Waals surface area contributed by atoms with Crippen LogP contribution in [0.3, 0.4) is 0 Å². The van der Waals surface area contributed by atoms with Crippen LogP contribution in [0.1, 0.15) is 6.92 Å². The van der Waals surface area contributed by atoms with Crippen LogP contribution in [-0.2, 0) is 0 Å². The molecule has 0 saturated heterocycles. The van der Waals surface area contributed by atoms with E-state index in [4.69, 9.17) is 0 Å². The fourth-order valence-electron chi connectivity index (χ4n) is 0.790. The molecule has 0 spiro atoms. The molecule has 0 aromatic rings. The Labute approximate surface area is 61.2 Å². The van der Waals surface area contributed by atoms with Gasteiger partial charge in [-0.1, -0.05) is 12.2 Å². The smallest absolute Gasteiger partial charge is 0.191 e. The van der Waals surface area contributed by atoms with E-state index in [1.807, 2.05) is 13.0 Å². The first-order valence-electron chi connectivity index (χ1n) is 3.57. The Morgan fingerprint density at radius 3 is 3.30 bits per heavy atom. The predicted molar refractivity (Wildman–Crippen MR) is 43.1 cm³/mol. The zero-order valence-corrected chi connectivity index (χ0v) is 6.22. The van der Waals surface area contributed by atoms with E-state index in [9.17, 15) is 0 Å². The van der Waals surface area contributed by atoms with E-state index < -0.39 is 0 Å². The van der Waals surface area contributed by atoms with E-state index >= 15 is 0 Å². The number of nitrogens with zero attached hydrogens (tertiary/aromatic N) is 1. The minimum atomic E-state index is 0.863. The first-order valence-corrected chi connectivity index (χ1v) is 3.57.